The molecule has 0 spiro atoms. The highest BCUT2D eigenvalue weighted by molar-refractivity contribution is 5.86. The predicted molar refractivity (Wildman–Crippen MR) is 65.8 cm³/mol. The number of hydrogen-bond donors (Lipinski definition) is 1. The van der Waals surface area contributed by atoms with Crippen LogP contribution in [0.15, 0.2) is 30.3 Å². The van der Waals surface area contributed by atoms with Crippen LogP contribution in [-0.4, -0.2) is 26.0 Å². The summed E-state index contributed by atoms with van der Waals surface area (Å²) in [6, 6.07) is 7.08. The highest BCUT2D eigenvalue weighted by Crippen LogP contribution is 2.21. The van der Waals surface area contributed by atoms with Crippen LogP contribution in [0.25, 0.3) is 11.4 Å². The average Bonchev–Trinajstić information content (AvgIpc) is 2.38. The fourth-order valence-corrected chi connectivity index (χ4v) is 1.57. The topological polar surface area (TPSA) is 106 Å². The van der Waals surface area contributed by atoms with E-state index in [1.165, 1.54) is 24.3 Å². The molecule has 1 aromatic carbocycles. The minimum absolute atomic E-state index is 0.0977. The Labute approximate surface area is 107 Å². The van der Waals surface area contributed by atoms with E-state index in [9.17, 15) is 14.9 Å². The lowest BCUT2D eigenvalue weighted by Crippen LogP contribution is -2.04. The van der Waals surface area contributed by atoms with E-state index in [4.69, 9.17) is 5.11 Å². The first-order valence-electron chi connectivity index (χ1n) is 5.31. The Bertz CT molecular complexity index is 670. The van der Waals surface area contributed by atoms with Gasteiger partial charge in [-0.05, 0) is 13.0 Å². The molecule has 2 aromatic rings. The van der Waals surface area contributed by atoms with E-state index >= 15 is 0 Å². The molecule has 0 aliphatic rings. The van der Waals surface area contributed by atoms with E-state index < -0.39 is 10.9 Å². The van der Waals surface area contributed by atoms with Gasteiger partial charge in [0, 0.05) is 23.4 Å². The van der Waals surface area contributed by atoms with E-state index in [1.807, 2.05) is 0 Å². The number of nitro groups is 1. The van der Waals surface area contributed by atoms with Gasteiger partial charge in [-0.3, -0.25) is 10.1 Å². The summed E-state index contributed by atoms with van der Waals surface area (Å²) in [7, 11) is 0. The third-order valence-electron chi connectivity index (χ3n) is 2.39. The van der Waals surface area contributed by atoms with Gasteiger partial charge in [-0.15, -0.1) is 0 Å². The Morgan fingerprint density at radius 1 is 1.32 bits per heavy atom. The average molecular weight is 259 g/mol. The molecule has 1 aromatic heterocycles. The maximum atomic E-state index is 10.9. The SMILES string of the molecule is Cc1cc(C(=O)O)nc(-c2cccc([N+](=O)[O-])c2)n1. The summed E-state index contributed by atoms with van der Waals surface area (Å²) in [6.45, 7) is 1.63. The standard InChI is InChI=1S/C12H9N3O4/c1-7-5-10(12(16)17)14-11(13-7)8-3-2-4-9(6-8)15(18)19/h2-6H,1H3,(H,16,17). The first-order valence-corrected chi connectivity index (χ1v) is 5.31. The summed E-state index contributed by atoms with van der Waals surface area (Å²) >= 11 is 0. The number of non-ortho nitro benzene ring substituents is 1. The molecular formula is C12H9N3O4. The van der Waals surface area contributed by atoms with Gasteiger partial charge in [-0.2, -0.15) is 0 Å². The molecule has 0 atom stereocenters. The maximum absolute atomic E-state index is 10.9. The smallest absolute Gasteiger partial charge is 0.354 e. The highest BCUT2D eigenvalue weighted by Gasteiger charge is 2.12. The van der Waals surface area contributed by atoms with Crippen molar-refractivity contribution in [1.29, 1.82) is 0 Å². The van der Waals surface area contributed by atoms with Crippen LogP contribution in [0.2, 0.25) is 0 Å². The predicted octanol–water partition coefficient (Wildman–Crippen LogP) is 2.06. The van der Waals surface area contributed by atoms with E-state index in [0.717, 1.165) is 0 Å². The zero-order valence-corrected chi connectivity index (χ0v) is 9.90. The number of aromatic nitrogens is 2. The van der Waals surface area contributed by atoms with Crippen LogP contribution in [0.5, 0.6) is 0 Å². The van der Waals surface area contributed by atoms with E-state index in [0.29, 0.717) is 11.3 Å². The monoisotopic (exact) mass is 259 g/mol. The molecule has 7 heteroatoms. The minimum Gasteiger partial charge on any atom is -0.477 e. The molecular weight excluding hydrogens is 250 g/mol. The number of carboxylic acid groups (broad SMARTS) is 1. The van der Waals surface area contributed by atoms with E-state index in [2.05, 4.69) is 9.97 Å². The van der Waals surface area contributed by atoms with Crippen molar-refractivity contribution in [1.82, 2.24) is 9.97 Å². The summed E-state index contributed by atoms with van der Waals surface area (Å²) < 4.78 is 0. The van der Waals surface area contributed by atoms with Crippen molar-refractivity contribution in [3.63, 3.8) is 0 Å². The quantitative estimate of drug-likeness (QED) is 0.667. The van der Waals surface area contributed by atoms with Crippen LogP contribution in [0.3, 0.4) is 0 Å². The van der Waals surface area contributed by atoms with Gasteiger partial charge in [-0.25, -0.2) is 14.8 Å². The molecule has 1 heterocycles. The lowest BCUT2D eigenvalue weighted by Gasteiger charge is -2.03. The number of nitro benzene ring substituents is 1. The Morgan fingerprint density at radius 2 is 2.05 bits per heavy atom. The molecule has 0 radical (unpaired) electrons. The Balaban J connectivity index is 2.55. The lowest BCUT2D eigenvalue weighted by atomic mass is 10.2. The molecule has 0 saturated carbocycles. The van der Waals surface area contributed by atoms with Crippen LogP contribution < -0.4 is 0 Å². The van der Waals surface area contributed by atoms with Crippen LogP contribution in [-0.2, 0) is 0 Å². The van der Waals surface area contributed by atoms with Gasteiger partial charge in [0.15, 0.2) is 11.5 Å². The highest BCUT2D eigenvalue weighted by atomic mass is 16.6. The third-order valence-corrected chi connectivity index (χ3v) is 2.39. The summed E-state index contributed by atoms with van der Waals surface area (Å²) in [5.41, 5.74) is 0.641. The molecule has 0 aliphatic carbocycles. The van der Waals surface area contributed by atoms with Gasteiger partial charge in [0.25, 0.3) is 5.69 Å². The third kappa shape index (κ3) is 2.71. The van der Waals surface area contributed by atoms with Crippen LogP contribution in [0.4, 0.5) is 5.69 Å². The Morgan fingerprint density at radius 3 is 2.68 bits per heavy atom. The van der Waals surface area contributed by atoms with Crippen molar-refractivity contribution in [3.8, 4) is 11.4 Å². The van der Waals surface area contributed by atoms with Gasteiger partial charge < -0.3 is 5.11 Å². The number of benzene rings is 1. The Hall–Kier alpha value is -2.83. The van der Waals surface area contributed by atoms with Crippen molar-refractivity contribution in [2.75, 3.05) is 0 Å². The molecule has 0 bridgehead atoms. The number of nitrogens with zero attached hydrogens (tertiary/aromatic N) is 3. The molecule has 1 N–H and O–H groups in total. The van der Waals surface area contributed by atoms with E-state index in [-0.39, 0.29) is 17.2 Å². The molecule has 96 valence electrons. The fraction of sp³-hybridized carbons (Fsp3) is 0.0833. The molecule has 0 saturated heterocycles. The summed E-state index contributed by atoms with van der Waals surface area (Å²) in [5.74, 6) is -1.02. The van der Waals surface area contributed by atoms with Gasteiger partial charge in [0.05, 0.1) is 4.92 Å². The van der Waals surface area contributed by atoms with Crippen molar-refractivity contribution >= 4 is 11.7 Å². The van der Waals surface area contributed by atoms with Crippen molar-refractivity contribution in [2.45, 2.75) is 6.92 Å². The van der Waals surface area contributed by atoms with Gasteiger partial charge in [0.1, 0.15) is 0 Å². The van der Waals surface area contributed by atoms with Crippen molar-refractivity contribution < 1.29 is 14.8 Å². The first-order chi connectivity index (χ1) is 8.97. The van der Waals surface area contributed by atoms with Crippen LogP contribution in [0.1, 0.15) is 16.2 Å². The molecule has 0 fully saturated rings. The second kappa shape index (κ2) is 4.81. The number of carboxylic acids is 1. The summed E-state index contributed by atoms with van der Waals surface area (Å²) in [6.07, 6.45) is 0. The second-order valence-corrected chi connectivity index (χ2v) is 3.83. The maximum Gasteiger partial charge on any atom is 0.354 e. The second-order valence-electron chi connectivity index (χ2n) is 3.83. The largest absolute Gasteiger partial charge is 0.477 e. The number of aryl methyl sites for hydroxylation is 1. The fourth-order valence-electron chi connectivity index (χ4n) is 1.57. The molecule has 7 nitrogen and oxygen atoms in total. The van der Waals surface area contributed by atoms with Crippen LogP contribution >= 0.6 is 0 Å². The van der Waals surface area contributed by atoms with Crippen molar-refractivity contribution in [2.24, 2.45) is 0 Å². The number of aromatic carboxylic acids is 1. The zero-order valence-electron chi connectivity index (χ0n) is 9.90. The first kappa shape index (κ1) is 12.6. The molecule has 0 unspecified atom stereocenters. The minimum atomic E-state index is -1.17. The van der Waals surface area contributed by atoms with Gasteiger partial charge in [-0.1, -0.05) is 12.1 Å². The van der Waals surface area contributed by atoms with Gasteiger partial charge >= 0.3 is 5.97 Å². The summed E-state index contributed by atoms with van der Waals surface area (Å²) in [4.78, 5) is 29.0. The Kier molecular flexibility index (Phi) is 3.19. The zero-order chi connectivity index (χ0) is 14.0. The molecule has 0 amide bonds. The molecule has 19 heavy (non-hydrogen) atoms. The lowest BCUT2D eigenvalue weighted by molar-refractivity contribution is -0.384. The normalized spacial score (nSPS) is 10.2. The number of hydrogen-bond acceptors (Lipinski definition) is 5. The van der Waals surface area contributed by atoms with E-state index in [1.54, 1.807) is 13.0 Å². The molecule has 0 aliphatic heterocycles. The summed E-state index contributed by atoms with van der Waals surface area (Å²) in [5, 5.41) is 19.6. The van der Waals surface area contributed by atoms with Crippen molar-refractivity contribution in [3.05, 3.63) is 51.8 Å². The number of carbonyl (C=O) groups is 1. The molecule has 2 rings (SSSR count). The van der Waals surface area contributed by atoms with Gasteiger partial charge in [0.2, 0.25) is 0 Å². The number of rotatable bonds is 3. The van der Waals surface area contributed by atoms with Crippen LogP contribution in [0, 0.1) is 17.0 Å².